The summed E-state index contributed by atoms with van der Waals surface area (Å²) < 4.78 is 29.8. The number of aromatic nitrogens is 4. The topological polar surface area (TPSA) is 93.0 Å². The lowest BCUT2D eigenvalue weighted by atomic mass is 10.0. The molecule has 8 nitrogen and oxygen atoms in total. The van der Waals surface area contributed by atoms with E-state index in [-0.39, 0.29) is 10.9 Å². The Hall–Kier alpha value is -1.84. The molecule has 0 amide bonds. The molecule has 1 saturated heterocycles. The predicted molar refractivity (Wildman–Crippen MR) is 95.9 cm³/mol. The molecule has 1 fully saturated rings. The van der Waals surface area contributed by atoms with E-state index in [1.54, 1.807) is 23.0 Å². The van der Waals surface area contributed by atoms with Gasteiger partial charge in [0, 0.05) is 50.6 Å². The fourth-order valence-corrected chi connectivity index (χ4v) is 5.56. The smallest absolute Gasteiger partial charge is 0.247 e. The Bertz CT molecular complexity index is 923. The summed E-state index contributed by atoms with van der Waals surface area (Å²) in [6.07, 6.45) is 6.71. The molecular weight excluding hydrogens is 352 g/mol. The first-order valence-corrected chi connectivity index (χ1v) is 10.5. The number of hydrogen-bond acceptors (Lipinski definition) is 6. The first kappa shape index (κ1) is 17.6. The summed E-state index contributed by atoms with van der Waals surface area (Å²) >= 11 is 0. The monoisotopic (exact) mass is 376 g/mol. The largest absolute Gasteiger partial charge is 0.312 e. The molecule has 9 heteroatoms. The molecule has 2 aliphatic heterocycles. The van der Waals surface area contributed by atoms with Crippen molar-refractivity contribution in [3.8, 4) is 0 Å². The van der Waals surface area contributed by atoms with E-state index in [1.165, 1.54) is 6.20 Å². The second-order valence-electron chi connectivity index (χ2n) is 6.97. The molecule has 0 saturated carbocycles. The van der Waals surface area contributed by atoms with Gasteiger partial charge in [-0.15, -0.1) is 0 Å². The third-order valence-corrected chi connectivity index (χ3v) is 7.37. The number of fused-ring (bicyclic) bond motifs is 1. The van der Waals surface area contributed by atoms with Gasteiger partial charge in [0.25, 0.3) is 0 Å². The maximum absolute atomic E-state index is 13.3. The summed E-state index contributed by atoms with van der Waals surface area (Å²) in [5.74, 6) is 0.621. The van der Waals surface area contributed by atoms with E-state index in [0.29, 0.717) is 18.1 Å². The molecule has 1 unspecified atom stereocenters. The highest BCUT2D eigenvalue weighted by atomic mass is 32.2. The molecule has 0 aromatic carbocycles. The minimum absolute atomic E-state index is 0.272. The van der Waals surface area contributed by atoms with Gasteiger partial charge in [-0.05, 0) is 19.8 Å². The lowest BCUT2D eigenvalue weighted by molar-refractivity contribution is 0.245. The highest BCUT2D eigenvalue weighted by molar-refractivity contribution is 7.89. The summed E-state index contributed by atoms with van der Waals surface area (Å²) in [7, 11) is -1.88. The number of nitrogens with zero attached hydrogens (tertiary/aromatic N) is 5. The van der Waals surface area contributed by atoms with Crippen molar-refractivity contribution in [3.63, 3.8) is 0 Å². The third-order valence-electron chi connectivity index (χ3n) is 5.36. The van der Waals surface area contributed by atoms with Gasteiger partial charge in [-0.3, -0.25) is 4.68 Å². The van der Waals surface area contributed by atoms with Gasteiger partial charge in [-0.2, -0.15) is 9.40 Å². The fourth-order valence-electron chi connectivity index (χ4n) is 3.72. The molecular formula is C17H24N6O2S. The summed E-state index contributed by atoms with van der Waals surface area (Å²) in [6.45, 7) is 3.94. The molecule has 4 heterocycles. The number of rotatable bonds is 3. The van der Waals surface area contributed by atoms with Crippen molar-refractivity contribution in [2.45, 2.75) is 50.1 Å². The average Bonchev–Trinajstić information content (AvgIpc) is 3.01. The third kappa shape index (κ3) is 2.93. The van der Waals surface area contributed by atoms with Gasteiger partial charge in [0.05, 0.1) is 17.9 Å². The van der Waals surface area contributed by atoms with Gasteiger partial charge < -0.3 is 5.32 Å². The van der Waals surface area contributed by atoms with E-state index in [2.05, 4.69) is 15.4 Å². The molecule has 0 bridgehead atoms. The highest BCUT2D eigenvalue weighted by Gasteiger charge is 2.37. The molecule has 2 aromatic heterocycles. The highest BCUT2D eigenvalue weighted by Crippen LogP contribution is 2.35. The zero-order chi connectivity index (χ0) is 18.3. The van der Waals surface area contributed by atoms with Crippen molar-refractivity contribution < 1.29 is 8.42 Å². The van der Waals surface area contributed by atoms with Crippen LogP contribution in [0.5, 0.6) is 0 Å². The van der Waals surface area contributed by atoms with Gasteiger partial charge in [0.1, 0.15) is 10.7 Å². The Morgan fingerprint density at radius 3 is 2.88 bits per heavy atom. The van der Waals surface area contributed by atoms with Crippen molar-refractivity contribution in [1.82, 2.24) is 29.4 Å². The van der Waals surface area contributed by atoms with Crippen LogP contribution in [-0.2, 0) is 30.0 Å². The summed E-state index contributed by atoms with van der Waals surface area (Å²) in [6, 6.07) is -0.312. The molecule has 4 rings (SSSR count). The van der Waals surface area contributed by atoms with Crippen LogP contribution in [0.3, 0.4) is 0 Å². The van der Waals surface area contributed by atoms with Gasteiger partial charge in [0.2, 0.25) is 10.0 Å². The Morgan fingerprint density at radius 2 is 2.12 bits per heavy atom. The Balaban J connectivity index is 1.72. The quantitative estimate of drug-likeness (QED) is 0.862. The average molecular weight is 376 g/mol. The first-order valence-electron chi connectivity index (χ1n) is 9.04. The molecule has 0 radical (unpaired) electrons. The van der Waals surface area contributed by atoms with Crippen molar-refractivity contribution in [3.05, 3.63) is 35.2 Å². The van der Waals surface area contributed by atoms with Crippen LogP contribution in [0.2, 0.25) is 0 Å². The van der Waals surface area contributed by atoms with E-state index in [0.717, 1.165) is 50.0 Å². The zero-order valence-electron chi connectivity index (χ0n) is 15.1. The molecule has 2 aromatic rings. The number of hydrogen-bond donors (Lipinski definition) is 1. The van der Waals surface area contributed by atoms with Crippen LogP contribution >= 0.6 is 0 Å². The zero-order valence-corrected chi connectivity index (χ0v) is 16.0. The lowest BCUT2D eigenvalue weighted by Crippen LogP contribution is -2.39. The predicted octanol–water partition coefficient (Wildman–Crippen LogP) is 1.08. The maximum atomic E-state index is 13.3. The van der Waals surface area contributed by atoms with Crippen LogP contribution in [0, 0.1) is 6.92 Å². The molecule has 1 atom stereocenters. The molecule has 140 valence electrons. The molecule has 2 aliphatic rings. The van der Waals surface area contributed by atoms with Crippen LogP contribution in [0.25, 0.3) is 0 Å². The molecule has 26 heavy (non-hydrogen) atoms. The lowest BCUT2D eigenvalue weighted by Gasteiger charge is -2.34. The van der Waals surface area contributed by atoms with Crippen LogP contribution in [0.1, 0.15) is 48.1 Å². The maximum Gasteiger partial charge on any atom is 0.247 e. The van der Waals surface area contributed by atoms with E-state index < -0.39 is 10.0 Å². The number of sulfonamides is 1. The SMILES string of the molecule is Cc1c(S(=O)(=O)N2CCCCC2c2ncc3c(n2)CCNC3)cnn1C. The summed E-state index contributed by atoms with van der Waals surface area (Å²) in [5, 5.41) is 7.41. The minimum Gasteiger partial charge on any atom is -0.312 e. The van der Waals surface area contributed by atoms with E-state index in [9.17, 15) is 8.42 Å². The van der Waals surface area contributed by atoms with Crippen LogP contribution < -0.4 is 5.32 Å². The van der Waals surface area contributed by atoms with Crippen LogP contribution in [0.4, 0.5) is 0 Å². The Morgan fingerprint density at radius 1 is 1.27 bits per heavy atom. The number of aryl methyl sites for hydroxylation is 1. The number of nitrogens with one attached hydrogen (secondary N) is 1. The van der Waals surface area contributed by atoms with Gasteiger partial charge in [-0.25, -0.2) is 18.4 Å². The van der Waals surface area contributed by atoms with Crippen LogP contribution in [-0.4, -0.2) is 45.6 Å². The van der Waals surface area contributed by atoms with Crippen LogP contribution in [0.15, 0.2) is 17.3 Å². The van der Waals surface area contributed by atoms with Crippen molar-refractivity contribution in [2.75, 3.05) is 13.1 Å². The fraction of sp³-hybridized carbons (Fsp3) is 0.588. The second kappa shape index (κ2) is 6.71. The minimum atomic E-state index is -3.63. The van der Waals surface area contributed by atoms with Gasteiger partial charge >= 0.3 is 0 Å². The number of piperidine rings is 1. The van der Waals surface area contributed by atoms with Gasteiger partial charge in [-0.1, -0.05) is 6.42 Å². The Kier molecular flexibility index (Phi) is 4.54. The van der Waals surface area contributed by atoms with E-state index in [1.807, 2.05) is 6.20 Å². The first-order chi connectivity index (χ1) is 12.5. The molecule has 1 N–H and O–H groups in total. The standard InChI is InChI=1S/C17H24N6O2S/c1-12-16(11-20-22(12)2)26(24,25)23-8-4-3-5-15(23)17-19-10-13-9-18-7-6-14(13)21-17/h10-11,15,18H,3-9H2,1-2H3. The van der Waals surface area contributed by atoms with E-state index in [4.69, 9.17) is 4.98 Å². The summed E-state index contributed by atoms with van der Waals surface area (Å²) in [4.78, 5) is 9.54. The molecule has 0 aliphatic carbocycles. The summed E-state index contributed by atoms with van der Waals surface area (Å²) in [5.41, 5.74) is 2.79. The van der Waals surface area contributed by atoms with E-state index >= 15 is 0 Å². The van der Waals surface area contributed by atoms with Crippen molar-refractivity contribution in [1.29, 1.82) is 0 Å². The normalized spacial score (nSPS) is 21.5. The molecule has 0 spiro atoms. The Labute approximate surface area is 153 Å². The van der Waals surface area contributed by atoms with Crippen molar-refractivity contribution >= 4 is 10.0 Å². The van der Waals surface area contributed by atoms with Crippen molar-refractivity contribution in [2.24, 2.45) is 7.05 Å². The van der Waals surface area contributed by atoms with Gasteiger partial charge in [0.15, 0.2) is 0 Å². The second-order valence-corrected chi connectivity index (χ2v) is 8.83.